The summed E-state index contributed by atoms with van der Waals surface area (Å²) >= 11 is 0. The fourth-order valence-corrected chi connectivity index (χ4v) is 2.78. The topological polar surface area (TPSA) is 63.4 Å². The number of aromatic nitrogens is 1. The molecule has 1 aromatic heterocycles. The minimum atomic E-state index is 0.246. The zero-order chi connectivity index (χ0) is 13.9. The van der Waals surface area contributed by atoms with Crippen LogP contribution in [0.5, 0.6) is 5.88 Å². The number of pyridine rings is 1. The van der Waals surface area contributed by atoms with Gasteiger partial charge in [0.15, 0.2) is 0 Å². The molecule has 0 spiro atoms. The second-order valence-corrected chi connectivity index (χ2v) is 5.47. The second-order valence-electron chi connectivity index (χ2n) is 5.47. The quantitative estimate of drug-likeness (QED) is 0.851. The molecule has 2 rings (SSSR count). The number of likely N-dealkylation sites (N-methyl/N-ethyl adjacent to an activating group) is 1. The van der Waals surface area contributed by atoms with Crippen LogP contribution in [0.2, 0.25) is 0 Å². The van der Waals surface area contributed by atoms with Crippen molar-refractivity contribution in [3.8, 4) is 5.88 Å². The van der Waals surface area contributed by atoms with Crippen LogP contribution in [0.25, 0.3) is 0 Å². The largest absolute Gasteiger partial charge is 0.479 e. The van der Waals surface area contributed by atoms with Crippen molar-refractivity contribution in [3.05, 3.63) is 12.1 Å². The summed E-state index contributed by atoms with van der Waals surface area (Å²) in [5.41, 5.74) is 6.58. The Morgan fingerprint density at radius 1 is 1.37 bits per heavy atom. The second kappa shape index (κ2) is 5.65. The van der Waals surface area contributed by atoms with Crippen molar-refractivity contribution in [2.45, 2.75) is 31.2 Å². The highest BCUT2D eigenvalue weighted by Crippen LogP contribution is 2.34. The third-order valence-corrected chi connectivity index (χ3v) is 4.16. The average Bonchev–Trinajstić information content (AvgIpc) is 2.88. The van der Waals surface area contributed by atoms with Gasteiger partial charge in [0.1, 0.15) is 5.82 Å². The van der Waals surface area contributed by atoms with E-state index in [4.69, 9.17) is 10.5 Å². The number of methoxy groups -OCH3 is 1. The molecular weight excluding hydrogens is 240 g/mol. The van der Waals surface area contributed by atoms with Gasteiger partial charge in [-0.15, -0.1) is 0 Å². The summed E-state index contributed by atoms with van der Waals surface area (Å²) in [6.07, 6.45) is 5.08. The van der Waals surface area contributed by atoms with E-state index in [0.717, 1.165) is 12.4 Å². The molecule has 5 heteroatoms. The van der Waals surface area contributed by atoms with Gasteiger partial charge in [0.05, 0.1) is 12.8 Å². The maximum atomic E-state index is 5.77. The van der Waals surface area contributed by atoms with Crippen LogP contribution in [-0.2, 0) is 0 Å². The summed E-state index contributed by atoms with van der Waals surface area (Å²) in [6, 6.07) is 3.72. The molecule has 1 aliphatic rings. The summed E-state index contributed by atoms with van der Waals surface area (Å²) < 4.78 is 5.14. The molecule has 1 fully saturated rings. The highest BCUT2D eigenvalue weighted by Gasteiger charge is 2.35. The van der Waals surface area contributed by atoms with Gasteiger partial charge in [0.25, 0.3) is 0 Å². The van der Waals surface area contributed by atoms with Crippen LogP contribution in [0, 0.1) is 0 Å². The maximum absolute atomic E-state index is 5.77. The number of ether oxygens (including phenoxy) is 1. The van der Waals surface area contributed by atoms with E-state index >= 15 is 0 Å². The monoisotopic (exact) mass is 264 g/mol. The van der Waals surface area contributed by atoms with Crippen LogP contribution in [0.15, 0.2) is 12.1 Å². The molecule has 1 aromatic rings. The molecule has 1 aliphatic carbocycles. The predicted octanol–water partition coefficient (Wildman–Crippen LogP) is 1.96. The summed E-state index contributed by atoms with van der Waals surface area (Å²) in [5.74, 6) is 1.30. The number of anilines is 2. The zero-order valence-corrected chi connectivity index (χ0v) is 12.1. The Balaban J connectivity index is 2.05. The molecule has 106 valence electrons. The van der Waals surface area contributed by atoms with Crippen molar-refractivity contribution >= 4 is 11.5 Å². The smallest absolute Gasteiger partial charge is 0.238 e. The molecule has 1 saturated carbocycles. The third kappa shape index (κ3) is 2.92. The highest BCUT2D eigenvalue weighted by atomic mass is 16.5. The van der Waals surface area contributed by atoms with Crippen LogP contribution in [-0.4, -0.2) is 43.2 Å². The normalized spacial score (nSPS) is 17.7. The number of hydrogen-bond acceptors (Lipinski definition) is 5. The van der Waals surface area contributed by atoms with Gasteiger partial charge in [-0.2, -0.15) is 4.98 Å². The molecule has 0 amide bonds. The van der Waals surface area contributed by atoms with E-state index < -0.39 is 0 Å². The van der Waals surface area contributed by atoms with Crippen LogP contribution in [0.3, 0.4) is 0 Å². The molecule has 0 aliphatic heterocycles. The molecule has 1 heterocycles. The first kappa shape index (κ1) is 13.9. The standard InChI is InChI=1S/C14H24N4O/c1-18(2)14(8-4-5-9-14)10-16-12-7-6-11(15)13(17-12)19-3/h6-7H,4-5,8-10,15H2,1-3H3,(H,16,17). The Morgan fingerprint density at radius 2 is 2.05 bits per heavy atom. The summed E-state index contributed by atoms with van der Waals surface area (Å²) in [5, 5.41) is 3.42. The number of rotatable bonds is 5. The number of nitrogens with two attached hydrogens (primary N) is 1. The van der Waals surface area contributed by atoms with Gasteiger partial charge in [-0.25, -0.2) is 0 Å². The van der Waals surface area contributed by atoms with Crippen LogP contribution in [0.4, 0.5) is 11.5 Å². The summed E-state index contributed by atoms with van der Waals surface area (Å²) in [6.45, 7) is 0.903. The lowest BCUT2D eigenvalue weighted by Gasteiger charge is -2.36. The van der Waals surface area contributed by atoms with Crippen molar-refractivity contribution in [1.82, 2.24) is 9.88 Å². The molecule has 0 radical (unpaired) electrons. The van der Waals surface area contributed by atoms with Gasteiger partial charge in [-0.3, -0.25) is 0 Å². The fraction of sp³-hybridized carbons (Fsp3) is 0.643. The lowest BCUT2D eigenvalue weighted by molar-refractivity contribution is 0.172. The lowest BCUT2D eigenvalue weighted by atomic mass is 9.96. The Bertz CT molecular complexity index is 427. The van der Waals surface area contributed by atoms with Crippen LogP contribution in [0.1, 0.15) is 25.7 Å². The Labute approximate surface area is 115 Å². The van der Waals surface area contributed by atoms with Gasteiger partial charge in [-0.05, 0) is 39.1 Å². The van der Waals surface area contributed by atoms with E-state index in [2.05, 4.69) is 29.3 Å². The van der Waals surface area contributed by atoms with Crippen molar-refractivity contribution in [3.63, 3.8) is 0 Å². The molecule has 0 unspecified atom stereocenters. The van der Waals surface area contributed by atoms with E-state index in [1.807, 2.05) is 12.1 Å². The van der Waals surface area contributed by atoms with E-state index in [-0.39, 0.29) is 5.54 Å². The maximum Gasteiger partial charge on any atom is 0.238 e. The fourth-order valence-electron chi connectivity index (χ4n) is 2.78. The van der Waals surface area contributed by atoms with Gasteiger partial charge in [-0.1, -0.05) is 12.8 Å². The SMILES string of the molecule is COc1nc(NCC2(N(C)C)CCCC2)ccc1N. The van der Waals surface area contributed by atoms with Gasteiger partial charge >= 0.3 is 0 Å². The van der Waals surface area contributed by atoms with E-state index in [0.29, 0.717) is 11.6 Å². The van der Waals surface area contributed by atoms with Gasteiger partial charge in [0.2, 0.25) is 5.88 Å². The van der Waals surface area contributed by atoms with Crippen molar-refractivity contribution in [1.29, 1.82) is 0 Å². The Hall–Kier alpha value is -1.49. The zero-order valence-electron chi connectivity index (χ0n) is 12.1. The molecule has 0 atom stereocenters. The van der Waals surface area contributed by atoms with Crippen LogP contribution >= 0.6 is 0 Å². The van der Waals surface area contributed by atoms with Gasteiger partial charge in [0, 0.05) is 12.1 Å². The predicted molar refractivity (Wildman–Crippen MR) is 78.6 cm³/mol. The Morgan fingerprint density at radius 3 is 2.63 bits per heavy atom. The number of nitrogens with zero attached hydrogens (tertiary/aromatic N) is 2. The molecule has 0 bridgehead atoms. The highest BCUT2D eigenvalue weighted by molar-refractivity contribution is 5.53. The van der Waals surface area contributed by atoms with Crippen molar-refractivity contribution in [2.75, 3.05) is 38.8 Å². The van der Waals surface area contributed by atoms with Crippen molar-refractivity contribution < 1.29 is 4.74 Å². The molecule has 0 aromatic carbocycles. The van der Waals surface area contributed by atoms with E-state index in [9.17, 15) is 0 Å². The average molecular weight is 264 g/mol. The van der Waals surface area contributed by atoms with Gasteiger partial charge < -0.3 is 20.7 Å². The molecule has 5 nitrogen and oxygen atoms in total. The minimum Gasteiger partial charge on any atom is -0.479 e. The number of nitrogen functional groups attached to an aromatic ring is 1. The van der Waals surface area contributed by atoms with Crippen LogP contribution < -0.4 is 15.8 Å². The Kier molecular flexibility index (Phi) is 4.14. The number of nitrogens with one attached hydrogen (secondary N) is 1. The first-order valence-corrected chi connectivity index (χ1v) is 6.79. The minimum absolute atomic E-state index is 0.246. The molecule has 3 N–H and O–H groups in total. The third-order valence-electron chi connectivity index (χ3n) is 4.16. The molecule has 19 heavy (non-hydrogen) atoms. The molecular formula is C14H24N4O. The summed E-state index contributed by atoms with van der Waals surface area (Å²) in [7, 11) is 5.90. The first-order chi connectivity index (χ1) is 9.07. The lowest BCUT2D eigenvalue weighted by Crippen LogP contribution is -2.47. The van der Waals surface area contributed by atoms with Crippen molar-refractivity contribution in [2.24, 2.45) is 0 Å². The number of hydrogen-bond donors (Lipinski definition) is 2. The summed E-state index contributed by atoms with van der Waals surface area (Å²) in [4.78, 5) is 6.70. The van der Waals surface area contributed by atoms with E-state index in [1.165, 1.54) is 25.7 Å². The van der Waals surface area contributed by atoms with E-state index in [1.54, 1.807) is 7.11 Å². The first-order valence-electron chi connectivity index (χ1n) is 6.79. The molecule has 0 saturated heterocycles.